The number of aromatic amines is 1. The van der Waals surface area contributed by atoms with Crippen LogP contribution in [-0.4, -0.2) is 16.9 Å². The van der Waals surface area contributed by atoms with Crippen molar-refractivity contribution >= 4 is 5.69 Å². The first-order valence-corrected chi connectivity index (χ1v) is 2.86. The molecular weight excluding hydrogens is 164 g/mol. The zero-order chi connectivity index (χ0) is 11.6. The molecule has 0 aliphatic heterocycles. The lowest BCUT2D eigenvalue weighted by atomic mass is 10.4. The number of nitrogens with one attached hydrogen (secondary N) is 1. The zero-order valence-electron chi connectivity index (χ0n) is 8.73. The minimum atomic E-state index is -2.71. The van der Waals surface area contributed by atoms with Gasteiger partial charge in [-0.15, -0.1) is 0 Å². The van der Waals surface area contributed by atoms with Crippen LogP contribution in [0.5, 0.6) is 5.88 Å². The maximum absolute atomic E-state index is 11.0. The van der Waals surface area contributed by atoms with Gasteiger partial charge in [0.25, 0.3) is 0 Å². The fourth-order valence-corrected chi connectivity index (χ4v) is 0.651. The van der Waals surface area contributed by atoms with E-state index in [1.807, 2.05) is 4.98 Å². The maximum atomic E-state index is 11.0. The summed E-state index contributed by atoms with van der Waals surface area (Å²) in [5.74, 6) is -0.342. The molecule has 0 unspecified atom stereocenters. The van der Waals surface area contributed by atoms with Crippen molar-refractivity contribution in [2.24, 2.45) is 0 Å². The lowest BCUT2D eigenvalue weighted by molar-refractivity contribution is -0.386. The molecule has 1 heterocycles. The number of methoxy groups -OCH3 is 1. The largest absolute Gasteiger partial charge is 0.482 e. The Hall–Kier alpha value is -1.85. The van der Waals surface area contributed by atoms with Crippen LogP contribution in [0.25, 0.3) is 0 Å². The van der Waals surface area contributed by atoms with E-state index >= 15 is 0 Å². The Morgan fingerprint density at radius 2 is 2.50 bits per heavy atom. The second-order valence-electron chi connectivity index (χ2n) is 1.90. The number of nitro groups is 1. The molecule has 0 saturated heterocycles. The molecule has 1 N–H and O–H groups in total. The summed E-state index contributed by atoms with van der Waals surface area (Å²) in [7, 11) is -2.71. The average molecular weight is 173 g/mol. The molecule has 0 aliphatic rings. The van der Waals surface area contributed by atoms with Crippen LogP contribution in [0.3, 0.4) is 0 Å². The summed E-state index contributed by atoms with van der Waals surface area (Å²) in [6.07, 6.45) is 0. The van der Waals surface area contributed by atoms with Crippen molar-refractivity contribution in [3.8, 4) is 5.88 Å². The van der Waals surface area contributed by atoms with Crippen LogP contribution in [0.1, 0.15) is 4.11 Å². The highest BCUT2D eigenvalue weighted by molar-refractivity contribution is 5.28. The van der Waals surface area contributed by atoms with Gasteiger partial charge < -0.3 is 4.74 Å². The van der Waals surface area contributed by atoms with Gasteiger partial charge in [-0.05, 0) is 0 Å². The molecule has 0 saturated carbocycles. The number of H-pyrrole nitrogens is 1. The second-order valence-corrected chi connectivity index (χ2v) is 1.90. The van der Waals surface area contributed by atoms with Gasteiger partial charge in [0.05, 0.1) is 16.1 Å². The fourth-order valence-electron chi connectivity index (χ4n) is 0.651. The molecule has 1 aromatic rings. The molecule has 0 atom stereocenters. The highest BCUT2D eigenvalue weighted by Gasteiger charge is 2.11. The van der Waals surface area contributed by atoms with E-state index in [4.69, 9.17) is 4.11 Å². The van der Waals surface area contributed by atoms with Crippen molar-refractivity contribution in [2.75, 3.05) is 7.04 Å². The Morgan fingerprint density at radius 3 is 3.00 bits per heavy atom. The van der Waals surface area contributed by atoms with E-state index in [0.29, 0.717) is 0 Å². The third kappa shape index (κ3) is 1.42. The van der Waals surface area contributed by atoms with Crippen molar-refractivity contribution in [3.63, 3.8) is 0 Å². The number of hydrogen-bond acceptors (Lipinski definition) is 4. The van der Waals surface area contributed by atoms with E-state index in [9.17, 15) is 14.9 Å². The van der Waals surface area contributed by atoms with Gasteiger partial charge >= 0.3 is 11.2 Å². The number of aromatic nitrogens is 1. The molecule has 0 bridgehead atoms. The number of pyridine rings is 1. The standard InChI is InChI=1S/C6H6N2O4/c1-12-5-3-2-4(8(10)11)6(9)7-5/h2-3H,1H3,(H,7,9)/i1D3. The summed E-state index contributed by atoms with van der Waals surface area (Å²) >= 11 is 0. The lowest BCUT2D eigenvalue weighted by Gasteiger charge is -1.96. The van der Waals surface area contributed by atoms with E-state index in [0.717, 1.165) is 12.1 Å². The zero-order valence-corrected chi connectivity index (χ0v) is 5.73. The topological polar surface area (TPSA) is 85.2 Å². The van der Waals surface area contributed by atoms with Gasteiger partial charge in [0.1, 0.15) is 0 Å². The summed E-state index contributed by atoms with van der Waals surface area (Å²) in [5, 5.41) is 10.3. The Labute approximate surface area is 71.2 Å². The van der Waals surface area contributed by atoms with Crippen LogP contribution in [0.2, 0.25) is 0 Å². The maximum Gasteiger partial charge on any atom is 0.334 e. The minimum absolute atomic E-state index is 0.342. The van der Waals surface area contributed by atoms with Crippen LogP contribution in [-0.2, 0) is 0 Å². The highest BCUT2D eigenvalue weighted by atomic mass is 16.6. The predicted molar refractivity (Wildman–Crippen MR) is 40.3 cm³/mol. The SMILES string of the molecule is [2H]C([2H])([2H])Oc1ccc([N+](=O)[O-])c(=O)[nH]1. The molecule has 0 aliphatic carbocycles. The summed E-state index contributed by atoms with van der Waals surface area (Å²) < 4.78 is 24.5. The smallest absolute Gasteiger partial charge is 0.334 e. The van der Waals surface area contributed by atoms with Crippen LogP contribution >= 0.6 is 0 Å². The lowest BCUT2D eigenvalue weighted by Crippen LogP contribution is -2.11. The molecule has 1 aromatic heterocycles. The molecule has 6 heteroatoms. The van der Waals surface area contributed by atoms with Crippen molar-refractivity contribution in [2.45, 2.75) is 0 Å². The van der Waals surface area contributed by atoms with Crippen molar-refractivity contribution < 1.29 is 13.8 Å². The molecule has 0 spiro atoms. The minimum Gasteiger partial charge on any atom is -0.482 e. The third-order valence-corrected chi connectivity index (χ3v) is 1.17. The highest BCUT2D eigenvalue weighted by Crippen LogP contribution is 2.07. The van der Waals surface area contributed by atoms with Crippen molar-refractivity contribution in [1.82, 2.24) is 4.98 Å². The van der Waals surface area contributed by atoms with Crippen molar-refractivity contribution in [3.05, 3.63) is 32.6 Å². The predicted octanol–water partition coefficient (Wildman–Crippen LogP) is 0.292. The van der Waals surface area contributed by atoms with E-state index in [2.05, 4.69) is 4.74 Å². The van der Waals surface area contributed by atoms with Gasteiger partial charge in [-0.2, -0.15) is 0 Å². The number of ether oxygens (including phenoxy) is 1. The van der Waals surface area contributed by atoms with Gasteiger partial charge in [-0.3, -0.25) is 19.9 Å². The monoisotopic (exact) mass is 173 g/mol. The summed E-state index contributed by atoms with van der Waals surface area (Å²) in [5.41, 5.74) is -1.69. The van der Waals surface area contributed by atoms with E-state index in [1.54, 1.807) is 0 Å². The second kappa shape index (κ2) is 3.04. The molecular formula is C6H6N2O4. The summed E-state index contributed by atoms with van der Waals surface area (Å²) in [4.78, 5) is 22.3. The van der Waals surface area contributed by atoms with Crippen LogP contribution in [0, 0.1) is 10.1 Å². The summed E-state index contributed by atoms with van der Waals surface area (Å²) in [6.45, 7) is 0. The third-order valence-electron chi connectivity index (χ3n) is 1.17. The number of hydrogen-bond donors (Lipinski definition) is 1. The van der Waals surface area contributed by atoms with Gasteiger partial charge in [-0.1, -0.05) is 0 Å². The molecule has 1 rings (SSSR count). The Kier molecular flexibility index (Phi) is 1.24. The first kappa shape index (κ1) is 4.91. The van der Waals surface area contributed by atoms with Crippen LogP contribution in [0.4, 0.5) is 5.69 Å². The summed E-state index contributed by atoms with van der Waals surface area (Å²) in [6, 6.07) is 1.88. The van der Waals surface area contributed by atoms with Gasteiger partial charge in [0.2, 0.25) is 0 Å². The molecule has 64 valence electrons. The average Bonchev–Trinajstić information content (AvgIpc) is 1.99. The molecule has 0 radical (unpaired) electrons. The molecule has 12 heavy (non-hydrogen) atoms. The van der Waals surface area contributed by atoms with Crippen LogP contribution < -0.4 is 10.3 Å². The van der Waals surface area contributed by atoms with Crippen molar-refractivity contribution in [1.29, 1.82) is 0 Å². The molecule has 0 amide bonds. The first-order valence-electron chi connectivity index (χ1n) is 4.36. The molecule has 0 aromatic carbocycles. The van der Waals surface area contributed by atoms with E-state index in [1.165, 1.54) is 0 Å². The van der Waals surface area contributed by atoms with Crippen LogP contribution in [0.15, 0.2) is 16.9 Å². The fraction of sp³-hybridized carbons (Fsp3) is 0.167. The van der Waals surface area contributed by atoms with Gasteiger partial charge in [0.15, 0.2) is 5.88 Å². The normalized spacial score (nSPS) is 14.2. The molecule has 6 nitrogen and oxygen atoms in total. The Bertz CT molecular complexity index is 439. The van der Waals surface area contributed by atoms with E-state index in [-0.39, 0.29) is 5.88 Å². The van der Waals surface area contributed by atoms with Gasteiger partial charge in [-0.25, -0.2) is 0 Å². The molecule has 0 fully saturated rings. The van der Waals surface area contributed by atoms with Gasteiger partial charge in [0, 0.05) is 12.1 Å². The Balaban J connectivity index is 3.03. The quantitative estimate of drug-likeness (QED) is 0.514. The Morgan fingerprint density at radius 1 is 1.75 bits per heavy atom. The van der Waals surface area contributed by atoms with E-state index < -0.39 is 23.2 Å². The first-order chi connectivity index (χ1) is 6.79. The number of nitrogens with zero attached hydrogens (tertiary/aromatic N) is 1. The number of rotatable bonds is 2.